The summed E-state index contributed by atoms with van der Waals surface area (Å²) in [7, 11) is 0. The molecule has 1 atom stereocenters. The minimum absolute atomic E-state index is 0.0191. The van der Waals surface area contributed by atoms with Crippen molar-refractivity contribution >= 4 is 35.0 Å². The van der Waals surface area contributed by atoms with Crippen LogP contribution in [0.4, 0.5) is 5.82 Å². The van der Waals surface area contributed by atoms with Crippen LogP contribution in [-0.4, -0.2) is 77.3 Å². The average Bonchev–Trinajstić information content (AvgIpc) is 3.66. The van der Waals surface area contributed by atoms with E-state index in [0.29, 0.717) is 47.4 Å². The van der Waals surface area contributed by atoms with Crippen molar-refractivity contribution in [2.75, 3.05) is 37.7 Å². The van der Waals surface area contributed by atoms with Gasteiger partial charge in [-0.2, -0.15) is 4.91 Å². The molecule has 0 saturated carbocycles. The van der Waals surface area contributed by atoms with Gasteiger partial charge in [0, 0.05) is 60.1 Å². The second kappa shape index (κ2) is 22.1. The summed E-state index contributed by atoms with van der Waals surface area (Å²) in [6.45, 7) is 13.7. The fourth-order valence-electron chi connectivity index (χ4n) is 9.65. The van der Waals surface area contributed by atoms with E-state index in [1.54, 1.807) is 18.2 Å². The van der Waals surface area contributed by atoms with Gasteiger partial charge in [0.05, 0.1) is 18.8 Å². The largest absolute Gasteiger partial charge is 0.483 e. The van der Waals surface area contributed by atoms with Crippen LogP contribution >= 0.6 is 0 Å². The molecule has 1 aromatic heterocycles. The van der Waals surface area contributed by atoms with Crippen molar-refractivity contribution in [3.63, 3.8) is 0 Å². The van der Waals surface area contributed by atoms with E-state index in [-0.39, 0.29) is 54.5 Å². The third-order valence-electron chi connectivity index (χ3n) is 14.0. The summed E-state index contributed by atoms with van der Waals surface area (Å²) in [4.78, 5) is 74.9. The van der Waals surface area contributed by atoms with Gasteiger partial charge in [0.25, 0.3) is 11.8 Å². The molecule has 4 amide bonds. The number of anilines is 1. The van der Waals surface area contributed by atoms with Crippen LogP contribution in [0.2, 0.25) is 0 Å². The van der Waals surface area contributed by atoms with E-state index in [1.807, 2.05) is 25.1 Å². The van der Waals surface area contributed by atoms with Crippen molar-refractivity contribution in [3.05, 3.63) is 118 Å². The first-order chi connectivity index (χ1) is 32.6. The number of nitrogens with two attached hydrogens (primary N) is 1. The number of aryl methyl sites for hydroxylation is 1. The lowest BCUT2D eigenvalue weighted by atomic mass is 9.75. The topological polar surface area (TPSA) is 189 Å². The third kappa shape index (κ3) is 12.8. The first-order valence-corrected chi connectivity index (χ1v) is 24.3. The molecule has 7 rings (SSSR count). The molecule has 360 valence electrons. The van der Waals surface area contributed by atoms with Gasteiger partial charge in [-0.05, 0) is 111 Å². The van der Waals surface area contributed by atoms with E-state index in [4.69, 9.17) is 20.4 Å². The molecule has 68 heavy (non-hydrogen) atoms. The molecule has 4 heterocycles. The van der Waals surface area contributed by atoms with Crippen molar-refractivity contribution in [1.82, 2.24) is 25.5 Å². The lowest BCUT2D eigenvalue weighted by Crippen LogP contribution is -2.52. The van der Waals surface area contributed by atoms with Crippen molar-refractivity contribution in [2.45, 2.75) is 118 Å². The van der Waals surface area contributed by atoms with Gasteiger partial charge in [0.2, 0.25) is 11.8 Å². The first-order valence-electron chi connectivity index (χ1n) is 24.3. The molecule has 14 nitrogen and oxygen atoms in total. The molecule has 1 unspecified atom stereocenters. The molecule has 4 N–H and O–H groups in total. The fraction of sp³-hybridized carbons (Fsp3) is 0.481. The van der Waals surface area contributed by atoms with Gasteiger partial charge in [0.15, 0.2) is 12.4 Å². The molecule has 0 aliphatic carbocycles. The number of hydrogen-bond donors (Lipinski definition) is 3. The van der Waals surface area contributed by atoms with Crippen LogP contribution in [0, 0.1) is 21.7 Å². The fourth-order valence-corrected chi connectivity index (χ4v) is 9.65. The number of fused-ring (bicyclic) bond motifs is 1. The zero-order valence-electron chi connectivity index (χ0n) is 40.4. The van der Waals surface area contributed by atoms with Crippen molar-refractivity contribution in [3.8, 4) is 17.0 Å². The minimum Gasteiger partial charge on any atom is -0.483 e. The van der Waals surface area contributed by atoms with E-state index < -0.39 is 11.9 Å². The van der Waals surface area contributed by atoms with Crippen LogP contribution in [-0.2, 0) is 27.3 Å². The second-order valence-corrected chi connectivity index (χ2v) is 20.4. The Morgan fingerprint density at radius 1 is 0.897 bits per heavy atom. The molecule has 3 aromatic carbocycles. The van der Waals surface area contributed by atoms with Gasteiger partial charge in [-0.1, -0.05) is 93.5 Å². The number of benzene rings is 3. The number of allylic oxidation sites excluding steroid dienone is 1. The number of nitrogens with one attached hydrogen (secondary N) is 2. The summed E-state index contributed by atoms with van der Waals surface area (Å²) >= 11 is 0. The molecule has 3 aliphatic heterocycles. The number of nitroso groups, excluding NO2 is 1. The average molecular weight is 925 g/mol. The van der Waals surface area contributed by atoms with E-state index in [9.17, 15) is 24.1 Å². The highest BCUT2D eigenvalue weighted by Crippen LogP contribution is 2.37. The first kappa shape index (κ1) is 49.5. The van der Waals surface area contributed by atoms with Crippen LogP contribution in [0.25, 0.3) is 16.8 Å². The second-order valence-electron chi connectivity index (χ2n) is 20.4. The number of aromatic nitrogens is 2. The van der Waals surface area contributed by atoms with Crippen LogP contribution in [0.5, 0.6) is 5.75 Å². The lowest BCUT2D eigenvalue weighted by Gasteiger charge is -2.33. The molecule has 0 spiro atoms. The number of imide groups is 1. The van der Waals surface area contributed by atoms with Crippen LogP contribution in [0.3, 0.4) is 0 Å². The summed E-state index contributed by atoms with van der Waals surface area (Å²) in [6, 6.07) is 25.3. The number of piperidine rings is 2. The van der Waals surface area contributed by atoms with E-state index >= 15 is 0 Å². The predicted molar refractivity (Wildman–Crippen MR) is 265 cm³/mol. The number of nitrogens with zero attached hydrogens (tertiary/aromatic N) is 5. The van der Waals surface area contributed by atoms with E-state index in [1.165, 1.54) is 10.5 Å². The number of carbonyl (C=O) groups excluding carboxylic acids is 4. The SMILES string of the molecule is CC(N)=C(c1ccc(CCCC(C)(C)CCC(C)(C)CCNC(=O)COc2cccc3c2CN(C2CCC(=O)NC2=O)C3=O)cc1)c1nc(-c2ccccc2)cc(N2CCC(CCN=O)CC2)n1. The Bertz CT molecular complexity index is 2470. The maximum Gasteiger partial charge on any atom is 0.257 e. The highest BCUT2D eigenvalue weighted by atomic mass is 16.5. The molecule has 0 radical (unpaired) electrons. The summed E-state index contributed by atoms with van der Waals surface area (Å²) in [6.07, 6.45) is 9.29. The number of carbonyl (C=O) groups is 4. The van der Waals surface area contributed by atoms with Gasteiger partial charge in [-0.15, -0.1) is 0 Å². The molecule has 0 bridgehead atoms. The Hall–Kier alpha value is -6.44. The minimum atomic E-state index is -0.719. The van der Waals surface area contributed by atoms with Gasteiger partial charge >= 0.3 is 0 Å². The lowest BCUT2D eigenvalue weighted by molar-refractivity contribution is -0.137. The predicted octanol–water partition coefficient (Wildman–Crippen LogP) is 8.76. The smallest absolute Gasteiger partial charge is 0.257 e. The normalized spacial score (nSPS) is 17.1. The Morgan fingerprint density at radius 2 is 1.62 bits per heavy atom. The van der Waals surface area contributed by atoms with E-state index in [2.05, 4.69) is 90.9 Å². The Kier molecular flexibility index (Phi) is 16.1. The number of hydrogen-bond acceptors (Lipinski definition) is 11. The quantitative estimate of drug-likeness (QED) is 0.0538. The Balaban J connectivity index is 0.868. The molecule has 4 aromatic rings. The van der Waals surface area contributed by atoms with Crippen molar-refractivity contribution in [1.29, 1.82) is 0 Å². The monoisotopic (exact) mass is 925 g/mol. The molecular formula is C54H68N8O6. The molecule has 14 heteroatoms. The van der Waals surface area contributed by atoms with E-state index in [0.717, 1.165) is 99.1 Å². The zero-order valence-corrected chi connectivity index (χ0v) is 40.4. The van der Waals surface area contributed by atoms with Crippen LogP contribution in [0.15, 0.2) is 89.7 Å². The summed E-state index contributed by atoms with van der Waals surface area (Å²) < 4.78 is 5.91. The van der Waals surface area contributed by atoms with Crippen molar-refractivity contribution < 1.29 is 23.9 Å². The zero-order chi connectivity index (χ0) is 48.4. The molecule has 2 saturated heterocycles. The van der Waals surface area contributed by atoms with Crippen molar-refractivity contribution in [2.24, 2.45) is 27.7 Å². The maximum absolute atomic E-state index is 13.2. The maximum atomic E-state index is 13.2. The number of ether oxygens (including phenoxy) is 1. The summed E-state index contributed by atoms with van der Waals surface area (Å²) in [5.41, 5.74) is 13.5. The summed E-state index contributed by atoms with van der Waals surface area (Å²) in [5, 5.41) is 8.41. The Morgan fingerprint density at radius 3 is 2.31 bits per heavy atom. The Labute approximate surface area is 400 Å². The molecule has 3 aliphatic rings. The highest BCUT2D eigenvalue weighted by molar-refractivity contribution is 6.05. The molecular weight excluding hydrogens is 857 g/mol. The van der Waals surface area contributed by atoms with Gasteiger partial charge in [0.1, 0.15) is 17.6 Å². The number of amides is 4. The highest BCUT2D eigenvalue weighted by Gasteiger charge is 2.40. The molecule has 2 fully saturated rings. The van der Waals surface area contributed by atoms with Crippen LogP contribution < -0.4 is 26.0 Å². The van der Waals surface area contributed by atoms with Gasteiger partial charge in [-0.25, -0.2) is 9.97 Å². The standard InChI is InChI=1S/C54H68N8O6/c1-36(55)49(50-58-43(39-12-7-6-8-13-39)33-46(59-50)61-31-23-38(24-32-61)22-29-57-67)40-18-16-37(17-19-40)11-10-25-53(2,3)26-27-54(4,5)28-30-56-48(64)35-68-45-15-9-14-41-42(45)34-62(52(41)66)44-20-21-47(63)60-51(44)65/h6-9,12-19,33,38,44H,10-11,20-32,34-35,55H2,1-5H3,(H,56,64)(H,60,63,65). The van der Waals surface area contributed by atoms with Crippen LogP contribution in [0.1, 0.15) is 132 Å². The third-order valence-corrected chi connectivity index (χ3v) is 14.0. The van der Waals surface area contributed by atoms with Gasteiger partial charge in [-0.3, -0.25) is 24.5 Å². The number of rotatable bonds is 21. The van der Waals surface area contributed by atoms with Gasteiger partial charge < -0.3 is 25.6 Å². The summed E-state index contributed by atoms with van der Waals surface area (Å²) in [5.74, 6) is 1.10.